The van der Waals surface area contributed by atoms with E-state index in [1.165, 1.54) is 0 Å². The minimum atomic E-state index is 0.149. The molecule has 3 heteroatoms. The maximum Gasteiger partial charge on any atom is 0.168 e. The van der Waals surface area contributed by atoms with Gasteiger partial charge < -0.3 is 0 Å². The Bertz CT molecular complexity index is 700. The van der Waals surface area contributed by atoms with E-state index in [0.717, 1.165) is 26.5 Å². The standard InChI is InChI=1S/C16H11NOS/c17-8-7-11-5-6-13-14(18)10-12-3-1-2-4-15(12)19-16(13)9-11/h1-6,9H,7,10H2. The van der Waals surface area contributed by atoms with Crippen molar-refractivity contribution in [1.82, 2.24) is 0 Å². The molecule has 0 fully saturated rings. The van der Waals surface area contributed by atoms with Crippen LogP contribution in [0.15, 0.2) is 52.3 Å². The van der Waals surface area contributed by atoms with Gasteiger partial charge in [-0.15, -0.1) is 0 Å². The molecule has 0 N–H and O–H groups in total. The number of nitriles is 1. The van der Waals surface area contributed by atoms with Crippen LogP contribution in [0, 0.1) is 11.3 Å². The molecule has 1 heterocycles. The van der Waals surface area contributed by atoms with Gasteiger partial charge in [0, 0.05) is 21.8 Å². The van der Waals surface area contributed by atoms with Crippen LogP contribution < -0.4 is 0 Å². The van der Waals surface area contributed by atoms with Crippen LogP contribution >= 0.6 is 11.8 Å². The smallest absolute Gasteiger partial charge is 0.168 e. The predicted octanol–water partition coefficient (Wildman–Crippen LogP) is 3.64. The molecule has 92 valence electrons. The van der Waals surface area contributed by atoms with Gasteiger partial charge in [0.05, 0.1) is 12.5 Å². The minimum Gasteiger partial charge on any atom is -0.294 e. The number of benzene rings is 2. The van der Waals surface area contributed by atoms with E-state index in [1.807, 2.05) is 42.5 Å². The van der Waals surface area contributed by atoms with Gasteiger partial charge in [-0.2, -0.15) is 5.26 Å². The van der Waals surface area contributed by atoms with E-state index < -0.39 is 0 Å². The number of rotatable bonds is 1. The van der Waals surface area contributed by atoms with E-state index in [0.29, 0.717) is 12.8 Å². The number of carbonyl (C=O) groups excluding carboxylic acids is 1. The van der Waals surface area contributed by atoms with Gasteiger partial charge in [-0.3, -0.25) is 4.79 Å². The highest BCUT2D eigenvalue weighted by Gasteiger charge is 2.20. The number of Topliss-reactive ketones (excluding diaryl/α,β-unsaturated/α-hetero) is 1. The van der Waals surface area contributed by atoms with Crippen molar-refractivity contribution in [3.8, 4) is 6.07 Å². The van der Waals surface area contributed by atoms with Gasteiger partial charge in [-0.1, -0.05) is 36.0 Å². The van der Waals surface area contributed by atoms with Gasteiger partial charge in [-0.05, 0) is 29.3 Å². The first-order valence-electron chi connectivity index (χ1n) is 6.07. The van der Waals surface area contributed by atoms with Crippen molar-refractivity contribution in [1.29, 1.82) is 5.26 Å². The lowest BCUT2D eigenvalue weighted by Crippen LogP contribution is -2.03. The summed E-state index contributed by atoms with van der Waals surface area (Å²) in [6.07, 6.45) is 0.831. The van der Waals surface area contributed by atoms with Crippen LogP contribution in [0.1, 0.15) is 21.5 Å². The Balaban J connectivity index is 2.10. The molecule has 1 aliphatic rings. The van der Waals surface area contributed by atoms with Gasteiger partial charge in [0.15, 0.2) is 5.78 Å². The highest BCUT2D eigenvalue weighted by molar-refractivity contribution is 7.99. The molecule has 2 aromatic rings. The Morgan fingerprint density at radius 2 is 2.00 bits per heavy atom. The topological polar surface area (TPSA) is 40.9 Å². The summed E-state index contributed by atoms with van der Waals surface area (Å²) in [7, 11) is 0. The number of hydrogen-bond donors (Lipinski definition) is 0. The Kier molecular flexibility index (Phi) is 3.10. The van der Waals surface area contributed by atoms with Crippen molar-refractivity contribution >= 4 is 17.5 Å². The van der Waals surface area contributed by atoms with Crippen molar-refractivity contribution < 1.29 is 4.79 Å². The first kappa shape index (κ1) is 12.0. The van der Waals surface area contributed by atoms with Gasteiger partial charge >= 0.3 is 0 Å². The third-order valence-electron chi connectivity index (χ3n) is 3.17. The lowest BCUT2D eigenvalue weighted by atomic mass is 10.0. The van der Waals surface area contributed by atoms with Crippen LogP contribution in [0.5, 0.6) is 0 Å². The molecule has 19 heavy (non-hydrogen) atoms. The molecule has 0 radical (unpaired) electrons. The summed E-state index contributed by atoms with van der Waals surface area (Å²) in [6.45, 7) is 0. The maximum atomic E-state index is 12.3. The fraction of sp³-hybridized carbons (Fsp3) is 0.125. The zero-order chi connectivity index (χ0) is 13.2. The molecule has 2 aromatic carbocycles. The average Bonchev–Trinajstić information content (AvgIpc) is 2.54. The second kappa shape index (κ2) is 4.91. The van der Waals surface area contributed by atoms with Crippen LogP contribution in [-0.4, -0.2) is 5.78 Å². The Morgan fingerprint density at radius 3 is 2.84 bits per heavy atom. The monoisotopic (exact) mass is 265 g/mol. The molecule has 0 bridgehead atoms. The Morgan fingerprint density at radius 1 is 1.16 bits per heavy atom. The number of fused-ring (bicyclic) bond motifs is 2. The molecule has 1 aliphatic heterocycles. The Labute approximate surface area is 116 Å². The fourth-order valence-electron chi connectivity index (χ4n) is 2.22. The van der Waals surface area contributed by atoms with E-state index in [4.69, 9.17) is 5.26 Å². The van der Waals surface area contributed by atoms with Crippen LogP contribution in [0.3, 0.4) is 0 Å². The Hall–Kier alpha value is -2.05. The van der Waals surface area contributed by atoms with Gasteiger partial charge in [0.25, 0.3) is 0 Å². The summed E-state index contributed by atoms with van der Waals surface area (Å²) >= 11 is 1.62. The van der Waals surface area contributed by atoms with Crippen LogP contribution in [0.2, 0.25) is 0 Å². The van der Waals surface area contributed by atoms with E-state index in [1.54, 1.807) is 11.8 Å². The lowest BCUT2D eigenvalue weighted by molar-refractivity contribution is 0.0990. The van der Waals surface area contributed by atoms with Crippen molar-refractivity contribution in [2.45, 2.75) is 22.6 Å². The summed E-state index contributed by atoms with van der Waals surface area (Å²) in [5.74, 6) is 0.149. The molecule has 0 aliphatic carbocycles. The highest BCUT2D eigenvalue weighted by Crippen LogP contribution is 2.37. The average molecular weight is 265 g/mol. The largest absolute Gasteiger partial charge is 0.294 e. The van der Waals surface area contributed by atoms with Crippen LogP contribution in [0.4, 0.5) is 0 Å². The predicted molar refractivity (Wildman–Crippen MR) is 74.4 cm³/mol. The minimum absolute atomic E-state index is 0.149. The second-order valence-corrected chi connectivity index (χ2v) is 5.56. The quantitative estimate of drug-likeness (QED) is 0.790. The number of hydrogen-bond acceptors (Lipinski definition) is 3. The summed E-state index contributed by atoms with van der Waals surface area (Å²) in [5.41, 5.74) is 2.80. The van der Waals surface area contributed by atoms with Crippen LogP contribution in [0.25, 0.3) is 0 Å². The van der Waals surface area contributed by atoms with Gasteiger partial charge in [-0.25, -0.2) is 0 Å². The lowest BCUT2D eigenvalue weighted by Gasteiger charge is -2.06. The molecule has 0 saturated heterocycles. The SMILES string of the molecule is N#CCc1ccc2c(c1)Sc1ccccc1CC2=O. The summed E-state index contributed by atoms with van der Waals surface area (Å²) in [6, 6.07) is 15.8. The molecule has 0 amide bonds. The van der Waals surface area contributed by atoms with Gasteiger partial charge in [0.1, 0.15) is 0 Å². The summed E-state index contributed by atoms with van der Waals surface area (Å²) < 4.78 is 0. The number of ketones is 1. The van der Waals surface area contributed by atoms with E-state index >= 15 is 0 Å². The molecular formula is C16H11NOS. The molecule has 0 saturated carbocycles. The second-order valence-electron chi connectivity index (χ2n) is 4.48. The van der Waals surface area contributed by atoms with Crippen molar-refractivity contribution in [2.24, 2.45) is 0 Å². The van der Waals surface area contributed by atoms with Crippen molar-refractivity contribution in [2.75, 3.05) is 0 Å². The van der Waals surface area contributed by atoms with Crippen molar-refractivity contribution in [3.63, 3.8) is 0 Å². The van der Waals surface area contributed by atoms with E-state index in [-0.39, 0.29) is 5.78 Å². The third-order valence-corrected chi connectivity index (χ3v) is 4.35. The normalized spacial score (nSPS) is 13.1. The molecule has 0 aromatic heterocycles. The number of nitrogens with zero attached hydrogens (tertiary/aromatic N) is 1. The molecule has 0 atom stereocenters. The van der Waals surface area contributed by atoms with E-state index in [2.05, 4.69) is 6.07 Å². The molecule has 0 unspecified atom stereocenters. The first-order chi connectivity index (χ1) is 9.28. The van der Waals surface area contributed by atoms with Gasteiger partial charge in [0.2, 0.25) is 0 Å². The fourth-order valence-corrected chi connectivity index (χ4v) is 3.38. The third kappa shape index (κ3) is 2.27. The van der Waals surface area contributed by atoms with E-state index in [9.17, 15) is 4.79 Å². The zero-order valence-electron chi connectivity index (χ0n) is 10.2. The molecule has 2 nitrogen and oxygen atoms in total. The maximum absolute atomic E-state index is 12.3. The molecular weight excluding hydrogens is 254 g/mol. The summed E-state index contributed by atoms with van der Waals surface area (Å²) in [5, 5.41) is 8.77. The van der Waals surface area contributed by atoms with Crippen LogP contribution in [-0.2, 0) is 12.8 Å². The molecule has 0 spiro atoms. The van der Waals surface area contributed by atoms with Crippen molar-refractivity contribution in [3.05, 3.63) is 59.2 Å². The summed E-state index contributed by atoms with van der Waals surface area (Å²) in [4.78, 5) is 14.3. The zero-order valence-corrected chi connectivity index (χ0v) is 11.0. The molecule has 3 rings (SSSR count). The number of carbonyl (C=O) groups is 1. The first-order valence-corrected chi connectivity index (χ1v) is 6.88. The highest BCUT2D eigenvalue weighted by atomic mass is 32.2.